The molecule has 0 aliphatic carbocycles. The highest BCUT2D eigenvalue weighted by Gasteiger charge is 2.55. The predicted octanol–water partition coefficient (Wildman–Crippen LogP) is 5.08. The molecule has 4 heterocycles. The first-order valence-electron chi connectivity index (χ1n) is 9.43. The van der Waals surface area contributed by atoms with E-state index in [1.54, 1.807) is 20.0 Å². The molecule has 3 nitrogen and oxygen atoms in total. The van der Waals surface area contributed by atoms with Crippen molar-refractivity contribution in [1.29, 1.82) is 0 Å². The molecule has 2 aliphatic rings. The zero-order chi connectivity index (χ0) is 19.8. The molecule has 1 aromatic carbocycles. The molecule has 2 aliphatic heterocycles. The quantitative estimate of drug-likeness (QED) is 0.544. The summed E-state index contributed by atoms with van der Waals surface area (Å²) < 4.78 is 33.7. The number of benzene rings is 1. The first-order valence-corrected chi connectivity index (χ1v) is 9.43. The van der Waals surface area contributed by atoms with E-state index in [4.69, 9.17) is 0 Å². The molecule has 28 heavy (non-hydrogen) atoms. The van der Waals surface area contributed by atoms with Crippen molar-refractivity contribution < 1.29 is 13.1 Å². The van der Waals surface area contributed by atoms with Gasteiger partial charge in [-0.1, -0.05) is 18.2 Å². The fraction of sp³-hybridized carbons (Fsp3) is 0.182. The summed E-state index contributed by atoms with van der Waals surface area (Å²) in [7, 11) is 0. The van der Waals surface area contributed by atoms with Crippen LogP contribution in [0.4, 0.5) is 8.63 Å². The van der Waals surface area contributed by atoms with Crippen LogP contribution in [-0.4, -0.2) is 26.6 Å². The van der Waals surface area contributed by atoms with Gasteiger partial charge in [0.2, 0.25) is 0 Å². The molecule has 2 aromatic heterocycles. The number of allylic oxidation sites excluding steroid dienone is 2. The number of pyridine rings is 1. The summed E-state index contributed by atoms with van der Waals surface area (Å²) in [4.78, 5) is 4.59. The molecule has 0 fully saturated rings. The van der Waals surface area contributed by atoms with Crippen molar-refractivity contribution in [2.45, 2.75) is 27.7 Å². The van der Waals surface area contributed by atoms with Crippen molar-refractivity contribution in [3.05, 3.63) is 82.5 Å². The summed E-state index contributed by atoms with van der Waals surface area (Å²) in [6.45, 7) is 3.36. The van der Waals surface area contributed by atoms with Gasteiger partial charge in [0.15, 0.2) is 5.70 Å². The lowest BCUT2D eigenvalue weighted by Gasteiger charge is -2.34. The Kier molecular flexibility index (Phi) is 3.36. The molecule has 0 saturated heterocycles. The van der Waals surface area contributed by atoms with E-state index < -0.39 is 6.97 Å². The van der Waals surface area contributed by atoms with Crippen molar-refractivity contribution in [3.8, 4) is 0 Å². The van der Waals surface area contributed by atoms with Gasteiger partial charge in [-0.05, 0) is 50.2 Å². The number of hydrogen-bond donors (Lipinski definition) is 0. The fourth-order valence-corrected chi connectivity index (χ4v) is 4.78. The van der Waals surface area contributed by atoms with E-state index in [0.29, 0.717) is 22.8 Å². The molecule has 0 spiro atoms. The number of aromatic nitrogens is 2. The van der Waals surface area contributed by atoms with Crippen LogP contribution in [-0.2, 0) is 0 Å². The number of nitrogens with zero attached hydrogens (tertiary/aromatic N) is 3. The molecule has 0 atom stereocenters. The van der Waals surface area contributed by atoms with E-state index in [0.717, 1.165) is 33.2 Å². The second kappa shape index (κ2) is 5.50. The highest BCUT2D eigenvalue weighted by molar-refractivity contribution is 6.58. The van der Waals surface area contributed by atoms with E-state index in [1.807, 2.05) is 56.3 Å². The Labute approximate surface area is 162 Å². The van der Waals surface area contributed by atoms with Crippen molar-refractivity contribution in [1.82, 2.24) is 9.46 Å². The molecule has 0 N–H and O–H groups in total. The Morgan fingerprint density at radius 2 is 1.79 bits per heavy atom. The largest absolute Gasteiger partial charge is 0.737 e. The molecule has 5 rings (SSSR count). The van der Waals surface area contributed by atoms with Gasteiger partial charge in [-0.15, -0.1) is 0 Å². The van der Waals surface area contributed by atoms with Gasteiger partial charge in [0.1, 0.15) is 5.71 Å². The van der Waals surface area contributed by atoms with Gasteiger partial charge in [0.05, 0.1) is 11.1 Å². The maximum atomic E-state index is 15.6. The van der Waals surface area contributed by atoms with Crippen LogP contribution in [0.25, 0.3) is 16.5 Å². The Morgan fingerprint density at radius 3 is 2.57 bits per heavy atom. The topological polar surface area (TPSA) is 20.8 Å². The van der Waals surface area contributed by atoms with E-state index in [1.165, 1.54) is 8.96 Å². The third-order valence-electron chi connectivity index (χ3n) is 5.81. The molecule has 0 radical (unpaired) electrons. The van der Waals surface area contributed by atoms with Crippen molar-refractivity contribution >= 4 is 29.2 Å². The number of aryl methyl sites for hydroxylation is 2. The maximum Gasteiger partial charge on any atom is 0.737 e. The minimum Gasteiger partial charge on any atom is -0.393 e. The van der Waals surface area contributed by atoms with Gasteiger partial charge < -0.3 is 17.6 Å². The van der Waals surface area contributed by atoms with Gasteiger partial charge in [-0.3, -0.25) is 4.98 Å². The van der Waals surface area contributed by atoms with Gasteiger partial charge >= 0.3 is 6.97 Å². The average molecular weight is 375 g/mol. The summed E-state index contributed by atoms with van der Waals surface area (Å²) in [5.74, 6) is 0. The number of hydrogen-bond acceptors (Lipinski definition) is 1. The first-order chi connectivity index (χ1) is 13.3. The van der Waals surface area contributed by atoms with E-state index in [9.17, 15) is 0 Å². The second-order valence-corrected chi connectivity index (χ2v) is 7.75. The number of halogens is 2. The molecular weight excluding hydrogens is 355 g/mol. The van der Waals surface area contributed by atoms with E-state index >= 15 is 8.63 Å². The molecule has 6 heteroatoms. The van der Waals surface area contributed by atoms with Crippen molar-refractivity contribution in [3.63, 3.8) is 0 Å². The zero-order valence-corrected chi connectivity index (χ0v) is 16.3. The molecule has 3 aromatic rings. The summed E-state index contributed by atoms with van der Waals surface area (Å²) in [5.41, 5.74) is 6.60. The lowest BCUT2D eigenvalue weighted by atomic mass is 9.84. The minimum atomic E-state index is -3.95. The molecule has 0 bridgehead atoms. The number of para-hydroxylation sites is 1. The average Bonchev–Trinajstić information content (AvgIpc) is 3.12. The SMILES string of the molecule is CC1=CC(C)=[N+]2C1=C(c1cnc3ccccc3c1)c1c(C)cc(C)n1[B-]2(F)F. The summed E-state index contributed by atoms with van der Waals surface area (Å²) in [6.07, 6.45) is 3.64. The molecule has 0 saturated carbocycles. The highest BCUT2D eigenvalue weighted by Crippen LogP contribution is 2.44. The van der Waals surface area contributed by atoms with Gasteiger partial charge in [-0.25, -0.2) is 0 Å². The van der Waals surface area contributed by atoms with Crippen LogP contribution in [0.2, 0.25) is 0 Å². The van der Waals surface area contributed by atoms with Crippen LogP contribution >= 0.6 is 0 Å². The number of rotatable bonds is 1. The van der Waals surface area contributed by atoms with E-state index in [2.05, 4.69) is 4.98 Å². The number of fused-ring (bicyclic) bond motifs is 3. The van der Waals surface area contributed by atoms with Crippen LogP contribution in [0, 0.1) is 13.8 Å². The first kappa shape index (κ1) is 17.1. The molecule has 0 unspecified atom stereocenters. The van der Waals surface area contributed by atoms with Gasteiger partial charge in [-0.2, -0.15) is 0 Å². The normalized spacial score (nSPS) is 17.9. The molecule has 0 amide bonds. The van der Waals surface area contributed by atoms with E-state index in [-0.39, 0.29) is 0 Å². The molecule has 140 valence electrons. The summed E-state index contributed by atoms with van der Waals surface area (Å²) in [5, 5.41) is 0.996. The highest BCUT2D eigenvalue weighted by atomic mass is 19.2. The lowest BCUT2D eigenvalue weighted by Crippen LogP contribution is -2.51. The Morgan fingerprint density at radius 1 is 1.04 bits per heavy atom. The smallest absolute Gasteiger partial charge is 0.393 e. The zero-order valence-electron chi connectivity index (χ0n) is 16.3. The Bertz CT molecular complexity index is 1280. The second-order valence-electron chi connectivity index (χ2n) is 7.75. The Hall–Kier alpha value is -3.02. The monoisotopic (exact) mass is 375 g/mol. The maximum absolute atomic E-state index is 15.6. The molecular formula is C22H20BF2N3. The van der Waals surface area contributed by atoms with Crippen LogP contribution in [0.1, 0.15) is 36.4 Å². The third kappa shape index (κ3) is 2.09. The van der Waals surface area contributed by atoms with Crippen molar-refractivity contribution in [2.75, 3.05) is 0 Å². The van der Waals surface area contributed by atoms with Gasteiger partial charge in [0.25, 0.3) is 0 Å². The van der Waals surface area contributed by atoms with Gasteiger partial charge in [0, 0.05) is 41.4 Å². The van der Waals surface area contributed by atoms with Crippen LogP contribution in [0.5, 0.6) is 0 Å². The summed E-state index contributed by atoms with van der Waals surface area (Å²) >= 11 is 0. The minimum absolute atomic E-state index is 0.570. The lowest BCUT2D eigenvalue weighted by molar-refractivity contribution is -0.363. The fourth-order valence-electron chi connectivity index (χ4n) is 4.78. The standard InChI is InChI=1S/C22H20BF2N3/c1-13-9-15(3)27-21(13)20(18-11-17-7-5-6-8-19(17)26-12-18)22-14(2)10-16(4)28(22)23(27,24)25/h5-12H,1-4H3. The summed E-state index contributed by atoms with van der Waals surface area (Å²) in [6, 6.07) is 11.8. The third-order valence-corrected chi connectivity index (χ3v) is 5.81. The van der Waals surface area contributed by atoms with Crippen LogP contribution in [0.3, 0.4) is 0 Å². The van der Waals surface area contributed by atoms with Crippen molar-refractivity contribution in [2.24, 2.45) is 0 Å². The predicted molar refractivity (Wildman–Crippen MR) is 110 cm³/mol. The van der Waals surface area contributed by atoms with Crippen LogP contribution < -0.4 is 0 Å². The van der Waals surface area contributed by atoms with Crippen LogP contribution in [0.15, 0.2) is 59.9 Å². The Balaban J connectivity index is 1.93.